The number of anilines is 3. The lowest BCUT2D eigenvalue weighted by atomic mass is 10.1. The number of alkyl halides is 6. The van der Waals surface area contributed by atoms with Crippen molar-refractivity contribution in [2.45, 2.75) is 12.4 Å². The van der Waals surface area contributed by atoms with E-state index in [1.54, 1.807) is 4.90 Å². The van der Waals surface area contributed by atoms with Crippen LogP contribution in [0.1, 0.15) is 11.1 Å². The normalized spacial score (nSPS) is 14.7. The fourth-order valence-corrected chi connectivity index (χ4v) is 3.74. The van der Waals surface area contributed by atoms with Crippen LogP contribution in [0.25, 0.3) is 22.6 Å². The predicted molar refractivity (Wildman–Crippen MR) is 121 cm³/mol. The lowest BCUT2D eigenvalue weighted by Gasteiger charge is -2.28. The van der Waals surface area contributed by atoms with Crippen LogP contribution in [0.4, 0.5) is 43.7 Å². The maximum Gasteiger partial charge on any atom is 0.418 e. The zero-order chi connectivity index (χ0) is 26.2. The summed E-state index contributed by atoms with van der Waals surface area (Å²) in [5.74, 6) is 0.208. The van der Waals surface area contributed by atoms with Crippen molar-refractivity contribution in [3.05, 3.63) is 54.0 Å². The third-order valence-corrected chi connectivity index (χ3v) is 5.57. The summed E-state index contributed by atoms with van der Waals surface area (Å²) in [4.78, 5) is 17.9. The van der Waals surface area contributed by atoms with Crippen LogP contribution in [0.3, 0.4) is 0 Å². The van der Waals surface area contributed by atoms with Crippen molar-refractivity contribution in [3.8, 4) is 11.4 Å². The molecule has 0 saturated carbocycles. The van der Waals surface area contributed by atoms with Crippen LogP contribution in [0.15, 0.2) is 42.9 Å². The lowest BCUT2D eigenvalue weighted by molar-refractivity contribution is -0.138. The zero-order valence-corrected chi connectivity index (χ0v) is 18.8. The van der Waals surface area contributed by atoms with E-state index in [0.29, 0.717) is 38.1 Å². The summed E-state index contributed by atoms with van der Waals surface area (Å²) in [6.07, 6.45) is -6.14. The number of rotatable bonds is 4. The molecule has 1 fully saturated rings. The summed E-state index contributed by atoms with van der Waals surface area (Å²) in [7, 11) is 0. The van der Waals surface area contributed by atoms with Crippen LogP contribution < -0.4 is 15.5 Å². The fraction of sp³-hybridized carbons (Fsp3) is 0.273. The number of halogens is 6. The van der Waals surface area contributed by atoms with Gasteiger partial charge in [0.15, 0.2) is 11.5 Å². The number of fused-ring (bicyclic) bond motifs is 1. The molecule has 0 radical (unpaired) electrons. The molecule has 9 nitrogen and oxygen atoms in total. The first-order valence-corrected chi connectivity index (χ1v) is 10.9. The van der Waals surface area contributed by atoms with Gasteiger partial charge < -0.3 is 15.5 Å². The number of hydrogen-bond acceptors (Lipinski definition) is 9. The Morgan fingerprint density at radius 1 is 0.865 bits per heavy atom. The molecule has 4 aromatic rings. The summed E-state index contributed by atoms with van der Waals surface area (Å²) < 4.78 is 80.2. The third kappa shape index (κ3) is 5.21. The van der Waals surface area contributed by atoms with Gasteiger partial charge >= 0.3 is 12.4 Å². The lowest BCUT2D eigenvalue weighted by Crippen LogP contribution is -2.44. The van der Waals surface area contributed by atoms with E-state index in [1.807, 2.05) is 0 Å². The molecule has 192 valence electrons. The number of aromatic nitrogens is 6. The van der Waals surface area contributed by atoms with Gasteiger partial charge in [0.2, 0.25) is 0 Å². The van der Waals surface area contributed by atoms with E-state index < -0.39 is 29.2 Å². The summed E-state index contributed by atoms with van der Waals surface area (Å²) in [5, 5.41) is 13.8. The average molecular weight is 521 g/mol. The van der Waals surface area contributed by atoms with Gasteiger partial charge in [-0.1, -0.05) is 0 Å². The summed E-state index contributed by atoms with van der Waals surface area (Å²) in [5.41, 5.74) is -2.13. The Labute approximate surface area is 205 Å². The molecule has 4 aromatic heterocycles. The first-order chi connectivity index (χ1) is 17.6. The highest BCUT2D eigenvalue weighted by Gasteiger charge is 2.37. The van der Waals surface area contributed by atoms with E-state index in [9.17, 15) is 26.3 Å². The van der Waals surface area contributed by atoms with Gasteiger partial charge in [-0.3, -0.25) is 0 Å². The molecule has 0 spiro atoms. The number of piperazine rings is 1. The first-order valence-electron chi connectivity index (χ1n) is 10.9. The first kappa shape index (κ1) is 24.5. The van der Waals surface area contributed by atoms with E-state index >= 15 is 0 Å². The van der Waals surface area contributed by atoms with Crippen molar-refractivity contribution in [1.29, 1.82) is 0 Å². The van der Waals surface area contributed by atoms with Gasteiger partial charge in [-0.25, -0.2) is 19.9 Å². The molecule has 0 unspecified atom stereocenters. The molecule has 0 bridgehead atoms. The van der Waals surface area contributed by atoms with Gasteiger partial charge in [0.05, 0.1) is 23.0 Å². The van der Waals surface area contributed by atoms with Crippen LogP contribution in [0.2, 0.25) is 0 Å². The van der Waals surface area contributed by atoms with E-state index in [-0.39, 0.29) is 28.5 Å². The van der Waals surface area contributed by atoms with Gasteiger partial charge in [0, 0.05) is 38.6 Å². The molecule has 5 rings (SSSR count). The maximum atomic E-state index is 14.0. The Morgan fingerprint density at radius 2 is 1.65 bits per heavy atom. The van der Waals surface area contributed by atoms with Gasteiger partial charge in [-0.05, 0) is 24.3 Å². The Balaban J connectivity index is 1.48. The minimum absolute atomic E-state index is 0.00415. The predicted octanol–water partition coefficient (Wildman–Crippen LogP) is 4.07. The molecule has 2 N–H and O–H groups in total. The van der Waals surface area contributed by atoms with Crippen molar-refractivity contribution >= 4 is 28.5 Å². The van der Waals surface area contributed by atoms with E-state index in [2.05, 4.69) is 40.8 Å². The monoisotopic (exact) mass is 521 g/mol. The minimum Gasteiger partial charge on any atom is -0.353 e. The van der Waals surface area contributed by atoms with Crippen molar-refractivity contribution in [2.75, 3.05) is 36.4 Å². The second kappa shape index (κ2) is 9.38. The second-order valence-electron chi connectivity index (χ2n) is 8.04. The number of hydrogen-bond donors (Lipinski definition) is 2. The third-order valence-electron chi connectivity index (χ3n) is 5.57. The summed E-state index contributed by atoms with van der Waals surface area (Å²) in [6, 6.07) is 4.44. The van der Waals surface area contributed by atoms with Crippen LogP contribution in [-0.2, 0) is 12.4 Å². The van der Waals surface area contributed by atoms with Crippen molar-refractivity contribution < 1.29 is 26.3 Å². The SMILES string of the molecule is FC(F)(F)c1ccc(Nc2ccnc3nc(-c4nnc(N5CCNCC5)cc4C(F)(F)F)cnc23)nc1. The molecule has 1 aliphatic rings. The van der Waals surface area contributed by atoms with Crippen LogP contribution in [0.5, 0.6) is 0 Å². The molecule has 0 amide bonds. The Kier molecular flexibility index (Phi) is 6.23. The molecule has 1 aliphatic heterocycles. The molecular formula is C22H17F6N9. The highest BCUT2D eigenvalue weighted by Crippen LogP contribution is 2.37. The number of pyridine rings is 2. The number of nitrogens with zero attached hydrogens (tertiary/aromatic N) is 7. The van der Waals surface area contributed by atoms with E-state index in [0.717, 1.165) is 24.4 Å². The van der Waals surface area contributed by atoms with Crippen molar-refractivity contribution in [1.82, 2.24) is 35.5 Å². The van der Waals surface area contributed by atoms with Crippen LogP contribution in [-0.4, -0.2) is 56.3 Å². The van der Waals surface area contributed by atoms with Gasteiger partial charge in [-0.15, -0.1) is 10.2 Å². The highest BCUT2D eigenvalue weighted by atomic mass is 19.4. The average Bonchev–Trinajstić information content (AvgIpc) is 2.88. The molecule has 1 saturated heterocycles. The molecule has 0 atom stereocenters. The smallest absolute Gasteiger partial charge is 0.353 e. The Morgan fingerprint density at radius 3 is 2.32 bits per heavy atom. The van der Waals surface area contributed by atoms with Gasteiger partial charge in [-0.2, -0.15) is 26.3 Å². The standard InChI is InChI=1S/C22H17F6N9/c23-21(24,25)12-1-2-16(31-10-12)33-14-3-4-30-20-19(14)32-11-15(34-20)18-13(22(26,27)28)9-17(35-36-18)37-7-5-29-6-8-37/h1-4,9-11,29H,5-8H2,(H,30,31,33,34). The second-order valence-corrected chi connectivity index (χ2v) is 8.04. The van der Waals surface area contributed by atoms with Crippen LogP contribution >= 0.6 is 0 Å². The molecular weight excluding hydrogens is 504 g/mol. The quantitative estimate of drug-likeness (QED) is 0.385. The zero-order valence-electron chi connectivity index (χ0n) is 18.8. The number of nitrogens with one attached hydrogen (secondary N) is 2. The van der Waals surface area contributed by atoms with Crippen molar-refractivity contribution in [3.63, 3.8) is 0 Å². The molecule has 0 aromatic carbocycles. The molecule has 15 heteroatoms. The van der Waals surface area contributed by atoms with Gasteiger partial charge in [0.1, 0.15) is 22.7 Å². The van der Waals surface area contributed by atoms with Crippen LogP contribution in [0, 0.1) is 0 Å². The molecule has 0 aliphatic carbocycles. The molecule has 37 heavy (non-hydrogen) atoms. The highest BCUT2D eigenvalue weighted by molar-refractivity contribution is 5.87. The summed E-state index contributed by atoms with van der Waals surface area (Å²) in [6.45, 7) is 2.22. The van der Waals surface area contributed by atoms with E-state index in [4.69, 9.17) is 0 Å². The molecule has 5 heterocycles. The Bertz CT molecular complexity index is 1420. The fourth-order valence-electron chi connectivity index (χ4n) is 3.74. The Hall–Kier alpha value is -4.14. The van der Waals surface area contributed by atoms with Gasteiger partial charge in [0.25, 0.3) is 0 Å². The van der Waals surface area contributed by atoms with E-state index in [1.165, 1.54) is 12.3 Å². The minimum atomic E-state index is -4.73. The summed E-state index contributed by atoms with van der Waals surface area (Å²) >= 11 is 0. The topological polar surface area (TPSA) is 105 Å². The van der Waals surface area contributed by atoms with Crippen molar-refractivity contribution in [2.24, 2.45) is 0 Å². The largest absolute Gasteiger partial charge is 0.418 e. The maximum absolute atomic E-state index is 14.0.